The third-order valence-corrected chi connectivity index (χ3v) is 3.46. The maximum Gasteiger partial charge on any atom is 0.338 e. The predicted octanol–water partition coefficient (Wildman–Crippen LogP) is 3.95. The summed E-state index contributed by atoms with van der Waals surface area (Å²) in [5.41, 5.74) is 1.92. The molecule has 0 heterocycles. The van der Waals surface area contributed by atoms with Gasteiger partial charge in [-0.2, -0.15) is 0 Å². The van der Waals surface area contributed by atoms with E-state index in [-0.39, 0.29) is 5.57 Å². The maximum atomic E-state index is 14.2. The summed E-state index contributed by atoms with van der Waals surface area (Å²) in [6.07, 6.45) is 2.13. The number of allylic oxidation sites excluding steroid dienone is 2. The van der Waals surface area contributed by atoms with Gasteiger partial charge < -0.3 is 9.47 Å². The smallest absolute Gasteiger partial charge is 0.338 e. The monoisotopic (exact) mass is 342 g/mol. The van der Waals surface area contributed by atoms with E-state index in [9.17, 15) is 14.0 Å². The molecule has 0 spiro atoms. The molecule has 0 saturated heterocycles. The molecule has 0 radical (unpaired) electrons. The Morgan fingerprint density at radius 2 is 1.64 bits per heavy atom. The van der Waals surface area contributed by atoms with E-state index in [2.05, 4.69) is 13.2 Å². The Bertz CT molecular complexity index is 771. The minimum atomic E-state index is -1.45. The van der Waals surface area contributed by atoms with Gasteiger partial charge in [0.25, 0.3) is 0 Å². The first kappa shape index (κ1) is 18.4. The lowest BCUT2D eigenvalue weighted by Gasteiger charge is -2.21. The number of halogens is 1. The van der Waals surface area contributed by atoms with Gasteiger partial charge in [-0.05, 0) is 49.3 Å². The second-order valence-electron chi connectivity index (χ2n) is 5.77. The molecule has 0 saturated carbocycles. The van der Waals surface area contributed by atoms with E-state index in [1.807, 2.05) is 0 Å². The molecule has 0 fully saturated rings. The van der Waals surface area contributed by atoms with Crippen LogP contribution < -0.4 is 4.74 Å². The van der Waals surface area contributed by atoms with Crippen molar-refractivity contribution in [1.82, 2.24) is 0 Å². The number of ether oxygens (including phenoxy) is 2. The third kappa shape index (κ3) is 4.76. The molecule has 25 heavy (non-hydrogen) atoms. The molecule has 0 aliphatic heterocycles. The maximum absolute atomic E-state index is 14.2. The molecule has 0 amide bonds. The largest absolute Gasteiger partial charge is 0.451 e. The number of hydrogen-bond acceptors (Lipinski definition) is 4. The van der Waals surface area contributed by atoms with E-state index in [1.165, 1.54) is 19.1 Å². The fourth-order valence-corrected chi connectivity index (χ4v) is 2.06. The number of alkyl halides is 1. The number of benzene rings is 1. The van der Waals surface area contributed by atoms with Crippen LogP contribution in [0.2, 0.25) is 0 Å². The summed E-state index contributed by atoms with van der Waals surface area (Å²) in [6.45, 7) is 10.1. The Balaban J connectivity index is 2.07. The molecule has 130 valence electrons. The van der Waals surface area contributed by atoms with Gasteiger partial charge in [0.1, 0.15) is 5.75 Å². The van der Waals surface area contributed by atoms with Crippen molar-refractivity contribution in [3.8, 4) is 5.75 Å². The Kier molecular flexibility index (Phi) is 5.70. The van der Waals surface area contributed by atoms with Crippen LogP contribution in [0, 0.1) is 0 Å². The summed E-state index contributed by atoms with van der Waals surface area (Å²) in [7, 11) is 0. The van der Waals surface area contributed by atoms with Crippen molar-refractivity contribution in [2.24, 2.45) is 0 Å². The van der Waals surface area contributed by atoms with Crippen molar-refractivity contribution in [2.45, 2.75) is 26.1 Å². The summed E-state index contributed by atoms with van der Waals surface area (Å²) in [5.74, 6) is -0.754. The highest BCUT2D eigenvalue weighted by molar-refractivity contribution is 5.89. The lowest BCUT2D eigenvalue weighted by atomic mass is 9.97. The van der Waals surface area contributed by atoms with Crippen molar-refractivity contribution >= 4 is 17.5 Å². The molecule has 4 nitrogen and oxygen atoms in total. The number of esters is 2. The van der Waals surface area contributed by atoms with Crippen LogP contribution in [0.15, 0.2) is 66.8 Å². The van der Waals surface area contributed by atoms with Gasteiger partial charge in [-0.3, -0.25) is 0 Å². The van der Waals surface area contributed by atoms with E-state index in [0.717, 1.165) is 5.56 Å². The first-order valence-corrected chi connectivity index (χ1v) is 7.66. The zero-order chi connectivity index (χ0) is 18.6. The summed E-state index contributed by atoms with van der Waals surface area (Å²) >= 11 is 0. The molecule has 0 bridgehead atoms. The van der Waals surface area contributed by atoms with Crippen LogP contribution in [-0.4, -0.2) is 24.2 Å². The number of hydrogen-bond donors (Lipinski definition) is 0. The van der Waals surface area contributed by atoms with Crippen molar-refractivity contribution < 1.29 is 23.5 Å². The average Bonchev–Trinajstić information content (AvgIpc) is 2.57. The molecule has 2 atom stereocenters. The normalized spacial score (nSPS) is 18.9. The van der Waals surface area contributed by atoms with E-state index in [1.54, 1.807) is 37.3 Å². The van der Waals surface area contributed by atoms with Gasteiger partial charge in [-0.1, -0.05) is 31.4 Å². The molecule has 1 aromatic carbocycles. The molecule has 2 rings (SSSR count). The Morgan fingerprint density at radius 3 is 2.16 bits per heavy atom. The zero-order valence-electron chi connectivity index (χ0n) is 14.1. The molecular formula is C20H19FO4. The van der Waals surface area contributed by atoms with Crippen molar-refractivity contribution in [1.29, 1.82) is 0 Å². The molecule has 1 aromatic rings. The zero-order valence-corrected chi connectivity index (χ0v) is 14.1. The standard InChI is InChI=1S/C20H19FO4/c1-12(2)19(22)24-16-8-5-14(6-9-16)15-7-10-18(17(21)11-15)25-20(23)13(3)4/h5-11,17-18H,1,3H2,2,4H3. The van der Waals surface area contributed by atoms with E-state index in [4.69, 9.17) is 9.47 Å². The molecular weight excluding hydrogens is 323 g/mol. The van der Waals surface area contributed by atoms with Crippen LogP contribution in [-0.2, 0) is 14.3 Å². The lowest BCUT2D eigenvalue weighted by molar-refractivity contribution is -0.144. The summed E-state index contributed by atoms with van der Waals surface area (Å²) in [5, 5.41) is 0. The molecule has 2 unspecified atom stereocenters. The number of rotatable bonds is 5. The van der Waals surface area contributed by atoms with Crippen molar-refractivity contribution in [3.05, 3.63) is 72.4 Å². The first-order chi connectivity index (χ1) is 11.8. The third-order valence-electron chi connectivity index (χ3n) is 3.46. The fourth-order valence-electron chi connectivity index (χ4n) is 2.06. The van der Waals surface area contributed by atoms with E-state index < -0.39 is 24.2 Å². The van der Waals surface area contributed by atoms with Crippen LogP contribution >= 0.6 is 0 Å². The van der Waals surface area contributed by atoms with Gasteiger partial charge in [-0.25, -0.2) is 14.0 Å². The Hall–Kier alpha value is -2.95. The van der Waals surface area contributed by atoms with Gasteiger partial charge in [0.15, 0.2) is 12.3 Å². The SMILES string of the molecule is C=C(C)C(=O)Oc1ccc(C2=CC(F)C(OC(=O)C(=C)C)C=C2)cc1. The van der Waals surface area contributed by atoms with Gasteiger partial charge in [0.2, 0.25) is 0 Å². The Labute approximate surface area is 145 Å². The van der Waals surface area contributed by atoms with Gasteiger partial charge in [0.05, 0.1) is 0 Å². The lowest BCUT2D eigenvalue weighted by Crippen LogP contribution is -2.27. The second-order valence-corrected chi connectivity index (χ2v) is 5.77. The van der Waals surface area contributed by atoms with Crippen LogP contribution in [0.5, 0.6) is 5.75 Å². The molecule has 0 aromatic heterocycles. The van der Waals surface area contributed by atoms with Crippen LogP contribution in [0.4, 0.5) is 4.39 Å². The summed E-state index contributed by atoms with van der Waals surface area (Å²) < 4.78 is 24.4. The van der Waals surface area contributed by atoms with Crippen LogP contribution in [0.3, 0.4) is 0 Å². The minimum Gasteiger partial charge on any atom is -0.451 e. The predicted molar refractivity (Wildman–Crippen MR) is 93.6 cm³/mol. The summed E-state index contributed by atoms with van der Waals surface area (Å²) in [6, 6.07) is 6.66. The van der Waals surface area contributed by atoms with Gasteiger partial charge in [-0.15, -0.1) is 0 Å². The topological polar surface area (TPSA) is 52.6 Å². The fraction of sp³-hybridized carbons (Fsp3) is 0.200. The molecule has 0 N–H and O–H groups in total. The van der Waals surface area contributed by atoms with Gasteiger partial charge >= 0.3 is 11.9 Å². The van der Waals surface area contributed by atoms with Crippen LogP contribution in [0.25, 0.3) is 5.57 Å². The van der Waals surface area contributed by atoms with Crippen LogP contribution in [0.1, 0.15) is 19.4 Å². The number of carbonyl (C=O) groups is 2. The van der Waals surface area contributed by atoms with Crippen molar-refractivity contribution in [2.75, 3.05) is 0 Å². The molecule has 1 aliphatic rings. The summed E-state index contributed by atoms with van der Waals surface area (Å²) in [4.78, 5) is 23.0. The quantitative estimate of drug-likeness (QED) is 0.462. The highest BCUT2D eigenvalue weighted by atomic mass is 19.1. The van der Waals surface area contributed by atoms with E-state index >= 15 is 0 Å². The number of carbonyl (C=O) groups excluding carboxylic acids is 2. The molecule has 1 aliphatic carbocycles. The molecule has 5 heteroatoms. The average molecular weight is 342 g/mol. The highest BCUT2D eigenvalue weighted by Gasteiger charge is 2.24. The second kappa shape index (κ2) is 7.75. The minimum absolute atomic E-state index is 0.218. The highest BCUT2D eigenvalue weighted by Crippen LogP contribution is 2.26. The first-order valence-electron chi connectivity index (χ1n) is 7.66. The Morgan fingerprint density at radius 1 is 1.04 bits per heavy atom. The van der Waals surface area contributed by atoms with Gasteiger partial charge in [0, 0.05) is 11.1 Å². The van der Waals surface area contributed by atoms with E-state index in [0.29, 0.717) is 16.9 Å². The van der Waals surface area contributed by atoms with Crippen molar-refractivity contribution in [3.63, 3.8) is 0 Å².